The van der Waals surface area contributed by atoms with E-state index in [1.807, 2.05) is 18.2 Å². The first-order valence-electron chi connectivity index (χ1n) is 5.61. The van der Waals surface area contributed by atoms with Gasteiger partial charge in [0.1, 0.15) is 0 Å². The number of carbonyl (C=O) groups excluding carboxylic acids is 2. The maximum atomic E-state index is 11.9. The van der Waals surface area contributed by atoms with Crippen molar-refractivity contribution in [2.75, 3.05) is 0 Å². The molecule has 82 valence electrons. The number of nitrogens with two attached hydrogens (primary N) is 1. The van der Waals surface area contributed by atoms with Crippen LogP contribution in [0.2, 0.25) is 0 Å². The molecule has 3 heteroatoms. The topological polar surface area (TPSA) is 60.2 Å². The Balaban J connectivity index is 2.33. The molecule has 0 saturated carbocycles. The second-order valence-electron chi connectivity index (χ2n) is 4.74. The average Bonchev–Trinajstić information content (AvgIpc) is 2.56. The van der Waals surface area contributed by atoms with E-state index in [4.69, 9.17) is 5.73 Å². The van der Waals surface area contributed by atoms with Gasteiger partial charge in [0.2, 0.25) is 5.91 Å². The van der Waals surface area contributed by atoms with Crippen molar-refractivity contribution in [3.8, 4) is 0 Å². The Bertz CT molecular complexity index is 507. The van der Waals surface area contributed by atoms with Crippen LogP contribution >= 0.6 is 0 Å². The van der Waals surface area contributed by atoms with E-state index in [9.17, 15) is 9.59 Å². The van der Waals surface area contributed by atoms with Crippen molar-refractivity contribution in [1.82, 2.24) is 0 Å². The highest BCUT2D eigenvalue weighted by molar-refractivity contribution is 6.09. The molecule has 2 aliphatic carbocycles. The highest BCUT2D eigenvalue weighted by Gasteiger charge is 2.50. The summed E-state index contributed by atoms with van der Waals surface area (Å²) in [6, 6.07) is 5.72. The fourth-order valence-electron chi connectivity index (χ4n) is 3.19. The number of amides is 1. The predicted molar refractivity (Wildman–Crippen MR) is 59.2 cm³/mol. The third kappa shape index (κ3) is 0.979. The van der Waals surface area contributed by atoms with Gasteiger partial charge in [-0.15, -0.1) is 0 Å². The van der Waals surface area contributed by atoms with E-state index in [1.54, 1.807) is 0 Å². The van der Waals surface area contributed by atoms with Crippen molar-refractivity contribution in [1.29, 1.82) is 0 Å². The van der Waals surface area contributed by atoms with Crippen molar-refractivity contribution in [2.24, 2.45) is 5.73 Å². The van der Waals surface area contributed by atoms with Crippen molar-refractivity contribution >= 4 is 11.7 Å². The lowest BCUT2D eigenvalue weighted by Crippen LogP contribution is -2.42. The van der Waals surface area contributed by atoms with Gasteiger partial charge in [0.25, 0.3) is 0 Å². The van der Waals surface area contributed by atoms with Gasteiger partial charge in [-0.2, -0.15) is 0 Å². The van der Waals surface area contributed by atoms with Gasteiger partial charge in [0, 0.05) is 12.0 Å². The third-order valence-electron chi connectivity index (χ3n) is 3.91. The fourth-order valence-corrected chi connectivity index (χ4v) is 3.19. The SMILES string of the molecule is NC(=O)[C@]12CCCc3cccc(c31)C(=O)C2. The monoisotopic (exact) mass is 215 g/mol. The molecule has 2 N–H and O–H groups in total. The molecule has 0 unspecified atom stereocenters. The molecular formula is C13H13NO2. The zero-order chi connectivity index (χ0) is 11.3. The molecule has 1 amide bonds. The molecule has 3 nitrogen and oxygen atoms in total. The van der Waals surface area contributed by atoms with Crippen LogP contribution < -0.4 is 5.73 Å². The molecule has 1 atom stereocenters. The van der Waals surface area contributed by atoms with Gasteiger partial charge in [-0.1, -0.05) is 18.2 Å². The number of rotatable bonds is 1. The Hall–Kier alpha value is -1.64. The summed E-state index contributed by atoms with van der Waals surface area (Å²) >= 11 is 0. The molecule has 0 aromatic heterocycles. The molecule has 16 heavy (non-hydrogen) atoms. The van der Waals surface area contributed by atoms with Gasteiger partial charge in [-0.25, -0.2) is 0 Å². The third-order valence-corrected chi connectivity index (χ3v) is 3.91. The van der Waals surface area contributed by atoms with Crippen molar-refractivity contribution in [3.05, 3.63) is 34.9 Å². The van der Waals surface area contributed by atoms with Gasteiger partial charge in [-0.05, 0) is 30.4 Å². The van der Waals surface area contributed by atoms with Gasteiger partial charge >= 0.3 is 0 Å². The van der Waals surface area contributed by atoms with Crippen LogP contribution in [0.4, 0.5) is 0 Å². The van der Waals surface area contributed by atoms with Crippen molar-refractivity contribution in [2.45, 2.75) is 31.1 Å². The largest absolute Gasteiger partial charge is 0.369 e. The van der Waals surface area contributed by atoms with E-state index >= 15 is 0 Å². The van der Waals surface area contributed by atoms with E-state index in [1.165, 1.54) is 0 Å². The molecule has 1 aromatic carbocycles. The summed E-state index contributed by atoms with van der Waals surface area (Å²) in [5, 5.41) is 0. The molecule has 0 fully saturated rings. The first kappa shape index (κ1) is 9.58. The van der Waals surface area contributed by atoms with Crippen LogP contribution in [0.1, 0.15) is 40.7 Å². The van der Waals surface area contributed by atoms with Crippen LogP contribution in [-0.4, -0.2) is 11.7 Å². The Morgan fingerprint density at radius 3 is 2.94 bits per heavy atom. The number of ketones is 1. The molecule has 0 heterocycles. The van der Waals surface area contributed by atoms with E-state index in [0.717, 1.165) is 36.0 Å². The van der Waals surface area contributed by atoms with Crippen LogP contribution in [0.3, 0.4) is 0 Å². The molecular weight excluding hydrogens is 202 g/mol. The summed E-state index contributed by atoms with van der Waals surface area (Å²) in [7, 11) is 0. The van der Waals surface area contributed by atoms with Gasteiger partial charge < -0.3 is 5.73 Å². The van der Waals surface area contributed by atoms with Crippen molar-refractivity contribution in [3.63, 3.8) is 0 Å². The summed E-state index contributed by atoms with van der Waals surface area (Å²) < 4.78 is 0. The second kappa shape index (κ2) is 2.94. The minimum Gasteiger partial charge on any atom is -0.369 e. The second-order valence-corrected chi connectivity index (χ2v) is 4.74. The molecule has 3 rings (SSSR count). The minimum atomic E-state index is -0.693. The van der Waals surface area contributed by atoms with Crippen LogP contribution in [0, 0.1) is 0 Å². The maximum Gasteiger partial charge on any atom is 0.228 e. The fraction of sp³-hybridized carbons (Fsp3) is 0.385. The van der Waals surface area contributed by atoms with E-state index < -0.39 is 5.41 Å². The standard InChI is InChI=1S/C13H13NO2/c14-12(16)13-6-2-4-8-3-1-5-9(11(8)13)10(15)7-13/h1,3,5H,2,4,6-7H2,(H2,14,16)/t13-/m0/s1. The highest BCUT2D eigenvalue weighted by Crippen LogP contribution is 2.47. The number of aryl methyl sites for hydroxylation is 1. The number of hydrogen-bond acceptors (Lipinski definition) is 2. The van der Waals surface area contributed by atoms with E-state index in [0.29, 0.717) is 0 Å². The summed E-state index contributed by atoms with van der Waals surface area (Å²) in [5.41, 5.74) is 7.62. The Morgan fingerprint density at radius 1 is 1.38 bits per heavy atom. The molecule has 2 aliphatic rings. The van der Waals surface area contributed by atoms with Gasteiger partial charge in [-0.3, -0.25) is 9.59 Å². The number of hydrogen-bond donors (Lipinski definition) is 1. The molecule has 0 radical (unpaired) electrons. The Labute approximate surface area is 93.6 Å². The Morgan fingerprint density at radius 2 is 2.19 bits per heavy atom. The maximum absolute atomic E-state index is 11.9. The summed E-state index contributed by atoms with van der Waals surface area (Å²) in [6.45, 7) is 0. The number of primary amides is 1. The summed E-state index contributed by atoms with van der Waals surface area (Å²) in [4.78, 5) is 23.6. The summed E-state index contributed by atoms with van der Waals surface area (Å²) in [6.07, 6.45) is 2.88. The normalized spacial score (nSPS) is 26.6. The van der Waals surface area contributed by atoms with Crippen LogP contribution in [0.15, 0.2) is 18.2 Å². The predicted octanol–water partition coefficient (Wildman–Crippen LogP) is 1.33. The van der Waals surface area contributed by atoms with E-state index in [-0.39, 0.29) is 18.1 Å². The quantitative estimate of drug-likeness (QED) is 0.768. The van der Waals surface area contributed by atoms with Gasteiger partial charge in [0.05, 0.1) is 5.41 Å². The number of carbonyl (C=O) groups is 2. The average molecular weight is 215 g/mol. The summed E-state index contributed by atoms with van der Waals surface area (Å²) in [5.74, 6) is -0.274. The van der Waals surface area contributed by atoms with Crippen LogP contribution in [0.5, 0.6) is 0 Å². The smallest absolute Gasteiger partial charge is 0.228 e. The minimum absolute atomic E-state index is 0.0672. The van der Waals surface area contributed by atoms with Gasteiger partial charge in [0.15, 0.2) is 5.78 Å². The molecule has 1 aromatic rings. The lowest BCUT2D eigenvalue weighted by Gasteiger charge is -2.32. The molecule has 0 bridgehead atoms. The zero-order valence-electron chi connectivity index (χ0n) is 8.95. The highest BCUT2D eigenvalue weighted by atomic mass is 16.2. The molecule has 0 spiro atoms. The van der Waals surface area contributed by atoms with Crippen molar-refractivity contribution < 1.29 is 9.59 Å². The number of benzene rings is 1. The van der Waals surface area contributed by atoms with Crippen LogP contribution in [0.25, 0.3) is 0 Å². The Kier molecular flexibility index (Phi) is 1.76. The molecule has 0 saturated heterocycles. The lowest BCUT2D eigenvalue weighted by atomic mass is 9.70. The lowest BCUT2D eigenvalue weighted by molar-refractivity contribution is -0.123. The zero-order valence-corrected chi connectivity index (χ0v) is 8.95. The van der Waals surface area contributed by atoms with E-state index in [2.05, 4.69) is 0 Å². The first-order valence-corrected chi connectivity index (χ1v) is 5.61. The molecule has 0 aliphatic heterocycles. The number of Topliss-reactive ketones (excluding diaryl/α,β-unsaturated/α-hetero) is 1. The first-order chi connectivity index (χ1) is 7.65. The van der Waals surface area contributed by atoms with Crippen LogP contribution in [-0.2, 0) is 16.6 Å².